The van der Waals surface area contributed by atoms with Gasteiger partial charge in [0.2, 0.25) is 5.91 Å². The lowest BCUT2D eigenvalue weighted by molar-refractivity contribution is -0.123. The molecule has 0 aliphatic carbocycles. The van der Waals surface area contributed by atoms with Crippen LogP contribution in [0.1, 0.15) is 0 Å². The summed E-state index contributed by atoms with van der Waals surface area (Å²) in [5.74, 6) is 2.37. The summed E-state index contributed by atoms with van der Waals surface area (Å²) in [6, 6.07) is 7.15. The number of thioether (sulfide) groups is 1. The lowest BCUT2D eigenvalue weighted by Crippen LogP contribution is -2.44. The highest BCUT2D eigenvalue weighted by Crippen LogP contribution is 2.17. The second-order valence-electron chi connectivity index (χ2n) is 4.27. The van der Waals surface area contributed by atoms with Crippen LogP contribution < -0.4 is 15.8 Å². The molecule has 0 saturated carbocycles. The first-order valence-electron chi connectivity index (χ1n) is 6.62. The van der Waals surface area contributed by atoms with Crippen molar-refractivity contribution < 1.29 is 14.3 Å². The quantitative estimate of drug-likeness (QED) is 0.607. The molecule has 0 bridgehead atoms. The van der Waals surface area contributed by atoms with E-state index < -0.39 is 6.04 Å². The van der Waals surface area contributed by atoms with Gasteiger partial charge in [-0.3, -0.25) is 4.79 Å². The van der Waals surface area contributed by atoms with Crippen molar-refractivity contribution in [1.29, 1.82) is 0 Å². The molecule has 1 atom stereocenters. The Morgan fingerprint density at radius 1 is 1.48 bits per heavy atom. The third-order valence-corrected chi connectivity index (χ3v) is 3.96. The van der Waals surface area contributed by atoms with E-state index >= 15 is 0 Å². The summed E-state index contributed by atoms with van der Waals surface area (Å²) in [7, 11) is 1.52. The van der Waals surface area contributed by atoms with Crippen molar-refractivity contribution >= 4 is 33.6 Å². The fourth-order valence-corrected chi connectivity index (χ4v) is 2.54. The van der Waals surface area contributed by atoms with E-state index in [1.165, 1.54) is 7.11 Å². The average molecular weight is 377 g/mol. The van der Waals surface area contributed by atoms with Crippen molar-refractivity contribution in [2.24, 2.45) is 5.73 Å². The zero-order chi connectivity index (χ0) is 15.5. The zero-order valence-corrected chi connectivity index (χ0v) is 14.4. The fraction of sp³-hybridized carbons (Fsp3) is 0.500. The maximum Gasteiger partial charge on any atom is 0.239 e. The van der Waals surface area contributed by atoms with Gasteiger partial charge in [-0.15, -0.1) is 0 Å². The molecule has 1 aromatic carbocycles. The Labute approximate surface area is 138 Å². The molecule has 118 valence electrons. The van der Waals surface area contributed by atoms with Crippen molar-refractivity contribution in [1.82, 2.24) is 5.32 Å². The number of carbonyl (C=O) groups excluding carboxylic acids is 1. The molecule has 0 aliphatic rings. The molecule has 0 radical (unpaired) electrons. The Bertz CT molecular complexity index is 434. The number of hydrogen-bond acceptors (Lipinski definition) is 5. The van der Waals surface area contributed by atoms with E-state index in [9.17, 15) is 4.79 Å². The fourth-order valence-electron chi connectivity index (χ4n) is 1.51. The van der Waals surface area contributed by atoms with Gasteiger partial charge < -0.3 is 20.5 Å². The lowest BCUT2D eigenvalue weighted by atomic mass is 10.3. The van der Waals surface area contributed by atoms with E-state index in [0.29, 0.717) is 13.2 Å². The predicted molar refractivity (Wildman–Crippen MR) is 89.8 cm³/mol. The van der Waals surface area contributed by atoms with Crippen LogP contribution in [0.4, 0.5) is 0 Å². The maximum absolute atomic E-state index is 11.5. The Kier molecular flexibility index (Phi) is 9.49. The Morgan fingerprint density at radius 3 is 3.00 bits per heavy atom. The summed E-state index contributed by atoms with van der Waals surface area (Å²) in [6.07, 6.45) is 0. The number of carbonyl (C=O) groups is 1. The molecule has 0 aromatic heterocycles. The van der Waals surface area contributed by atoms with Crippen LogP contribution in [0.25, 0.3) is 0 Å². The molecule has 1 aromatic rings. The number of rotatable bonds is 10. The predicted octanol–water partition coefficient (Wildman–Crippen LogP) is 1.65. The lowest BCUT2D eigenvalue weighted by Gasteiger charge is -2.11. The van der Waals surface area contributed by atoms with Crippen LogP contribution in [0.5, 0.6) is 5.75 Å². The summed E-state index contributed by atoms with van der Waals surface area (Å²) < 4.78 is 11.4. The molecule has 0 saturated heterocycles. The van der Waals surface area contributed by atoms with Crippen molar-refractivity contribution in [3.8, 4) is 5.75 Å². The number of ether oxygens (including phenoxy) is 2. The highest BCUT2D eigenvalue weighted by Gasteiger charge is 2.11. The van der Waals surface area contributed by atoms with E-state index in [4.69, 9.17) is 15.2 Å². The van der Waals surface area contributed by atoms with Gasteiger partial charge in [-0.1, -0.05) is 22.0 Å². The van der Waals surface area contributed by atoms with Crippen LogP contribution in [0, 0.1) is 0 Å². The molecule has 7 heteroatoms. The van der Waals surface area contributed by atoms with E-state index in [2.05, 4.69) is 21.2 Å². The van der Waals surface area contributed by atoms with Crippen molar-refractivity contribution in [3.63, 3.8) is 0 Å². The molecular weight excluding hydrogens is 356 g/mol. The molecule has 0 fully saturated rings. The number of nitrogens with two attached hydrogens (primary N) is 1. The normalized spacial score (nSPS) is 12.0. The van der Waals surface area contributed by atoms with Gasteiger partial charge in [0, 0.05) is 29.6 Å². The molecule has 5 nitrogen and oxygen atoms in total. The second kappa shape index (κ2) is 10.9. The van der Waals surface area contributed by atoms with Crippen molar-refractivity contribution in [2.45, 2.75) is 6.04 Å². The van der Waals surface area contributed by atoms with Crippen molar-refractivity contribution in [3.05, 3.63) is 28.7 Å². The first-order chi connectivity index (χ1) is 10.1. The zero-order valence-electron chi connectivity index (χ0n) is 12.0. The number of halogens is 1. The van der Waals surface area contributed by atoms with Gasteiger partial charge in [0.25, 0.3) is 0 Å². The molecule has 0 spiro atoms. The second-order valence-corrected chi connectivity index (χ2v) is 6.41. The largest absolute Gasteiger partial charge is 0.493 e. The number of benzene rings is 1. The minimum absolute atomic E-state index is 0.178. The van der Waals surface area contributed by atoms with Crippen LogP contribution in [-0.4, -0.2) is 50.3 Å². The van der Waals surface area contributed by atoms with Gasteiger partial charge in [0.1, 0.15) is 11.8 Å². The Hall–Kier alpha value is -0.760. The number of methoxy groups -OCH3 is 1. The van der Waals surface area contributed by atoms with Gasteiger partial charge in [-0.2, -0.15) is 11.8 Å². The van der Waals surface area contributed by atoms with Crippen molar-refractivity contribution in [2.75, 3.05) is 38.4 Å². The Morgan fingerprint density at radius 2 is 2.29 bits per heavy atom. The maximum atomic E-state index is 11.5. The van der Waals surface area contributed by atoms with Gasteiger partial charge >= 0.3 is 0 Å². The third kappa shape index (κ3) is 8.31. The SMILES string of the molecule is COCC(N)C(=O)NCCSCCOc1cccc(Br)c1. The van der Waals surface area contributed by atoms with Crippen LogP contribution in [-0.2, 0) is 9.53 Å². The van der Waals surface area contributed by atoms with E-state index in [1.54, 1.807) is 11.8 Å². The molecule has 1 unspecified atom stereocenters. The molecule has 0 heterocycles. The first-order valence-corrected chi connectivity index (χ1v) is 8.56. The number of amides is 1. The monoisotopic (exact) mass is 376 g/mol. The molecule has 1 amide bonds. The number of hydrogen-bond donors (Lipinski definition) is 2. The topological polar surface area (TPSA) is 73.6 Å². The molecule has 1 rings (SSSR count). The van der Waals surface area contributed by atoms with Gasteiger partial charge in [0.15, 0.2) is 0 Å². The minimum Gasteiger partial charge on any atom is -0.493 e. The standard InChI is InChI=1S/C14H21BrN2O3S/c1-19-10-13(16)14(18)17-5-7-21-8-6-20-12-4-2-3-11(15)9-12/h2-4,9,13H,5-8,10,16H2,1H3,(H,17,18). The minimum atomic E-state index is -0.597. The van der Waals surface area contributed by atoms with Crippen LogP contribution in [0.3, 0.4) is 0 Å². The average Bonchev–Trinajstić information content (AvgIpc) is 2.46. The van der Waals surface area contributed by atoms with Crippen LogP contribution >= 0.6 is 27.7 Å². The molecule has 3 N–H and O–H groups in total. The van der Waals surface area contributed by atoms with E-state index in [1.807, 2.05) is 24.3 Å². The highest BCUT2D eigenvalue weighted by atomic mass is 79.9. The highest BCUT2D eigenvalue weighted by molar-refractivity contribution is 9.10. The van der Waals surface area contributed by atoms with Gasteiger partial charge in [-0.05, 0) is 18.2 Å². The summed E-state index contributed by atoms with van der Waals surface area (Å²) in [4.78, 5) is 11.5. The summed E-state index contributed by atoms with van der Waals surface area (Å²) in [6.45, 7) is 1.47. The van der Waals surface area contributed by atoms with E-state index in [-0.39, 0.29) is 12.5 Å². The first kappa shape index (κ1) is 18.3. The van der Waals surface area contributed by atoms with E-state index in [0.717, 1.165) is 21.7 Å². The number of nitrogens with one attached hydrogen (secondary N) is 1. The summed E-state index contributed by atoms with van der Waals surface area (Å²) >= 11 is 5.12. The van der Waals surface area contributed by atoms with Crippen LogP contribution in [0.2, 0.25) is 0 Å². The molecular formula is C14H21BrN2O3S. The van der Waals surface area contributed by atoms with Crippen LogP contribution in [0.15, 0.2) is 28.7 Å². The molecule has 0 aliphatic heterocycles. The summed E-state index contributed by atoms with van der Waals surface area (Å²) in [5, 5.41) is 2.77. The summed E-state index contributed by atoms with van der Waals surface area (Å²) in [5.41, 5.74) is 5.60. The molecule has 21 heavy (non-hydrogen) atoms. The van der Waals surface area contributed by atoms with Gasteiger partial charge in [-0.25, -0.2) is 0 Å². The smallest absolute Gasteiger partial charge is 0.239 e. The third-order valence-electron chi connectivity index (χ3n) is 2.52. The van der Waals surface area contributed by atoms with Gasteiger partial charge in [0.05, 0.1) is 13.2 Å². The Balaban J connectivity index is 2.01.